The first kappa shape index (κ1) is 23.6. The smallest absolute Gasteiger partial charge is 0.336 e. The highest BCUT2D eigenvalue weighted by Crippen LogP contribution is 2.15. The SMILES string of the molecule is CN1CCN(C(=O)N2CCCCC2)CC1.O=C(O)CC(O)(CC(=O)O)C(=O)O. The Kier molecular flexibility index (Phi) is 9.13. The van der Waals surface area contributed by atoms with Gasteiger partial charge in [-0.15, -0.1) is 0 Å². The second-order valence-electron chi connectivity index (χ2n) is 7.10. The van der Waals surface area contributed by atoms with Crippen LogP contribution in [0.4, 0.5) is 4.79 Å². The van der Waals surface area contributed by atoms with E-state index in [1.807, 2.05) is 9.80 Å². The molecule has 11 heteroatoms. The summed E-state index contributed by atoms with van der Waals surface area (Å²) in [6.07, 6.45) is 1.36. The summed E-state index contributed by atoms with van der Waals surface area (Å²) in [6, 6.07) is 0.266. The quantitative estimate of drug-likeness (QED) is 0.478. The van der Waals surface area contributed by atoms with Gasteiger partial charge in [0, 0.05) is 39.3 Å². The minimum atomic E-state index is -2.74. The molecule has 0 aromatic carbocycles. The van der Waals surface area contributed by atoms with Crippen LogP contribution < -0.4 is 0 Å². The van der Waals surface area contributed by atoms with Crippen LogP contribution >= 0.6 is 0 Å². The van der Waals surface area contributed by atoms with Gasteiger partial charge in [-0.2, -0.15) is 0 Å². The molecule has 0 aromatic heterocycles. The lowest BCUT2D eigenvalue weighted by molar-refractivity contribution is -0.170. The summed E-state index contributed by atoms with van der Waals surface area (Å²) in [5, 5.41) is 33.8. The summed E-state index contributed by atoms with van der Waals surface area (Å²) in [7, 11) is 2.11. The van der Waals surface area contributed by atoms with E-state index in [0.717, 1.165) is 39.3 Å². The molecule has 4 N–H and O–H groups in total. The Bertz CT molecular complexity index is 553. The van der Waals surface area contributed by atoms with Gasteiger partial charge in [0.2, 0.25) is 0 Å². The van der Waals surface area contributed by atoms with Crippen LogP contribution in [0.2, 0.25) is 0 Å². The number of carbonyl (C=O) groups is 4. The molecule has 0 radical (unpaired) electrons. The van der Waals surface area contributed by atoms with E-state index in [2.05, 4.69) is 11.9 Å². The maximum atomic E-state index is 12.1. The van der Waals surface area contributed by atoms with Crippen molar-refractivity contribution in [1.82, 2.24) is 14.7 Å². The van der Waals surface area contributed by atoms with Gasteiger partial charge in [-0.05, 0) is 26.3 Å². The lowest BCUT2D eigenvalue weighted by Crippen LogP contribution is -2.52. The predicted octanol–water partition coefficient (Wildman–Crippen LogP) is -0.409. The standard InChI is InChI=1S/C11H21N3O.C6H8O7/c1-12-7-9-14(10-8-12)11(15)13-5-3-2-4-6-13;7-3(8)1-6(13,5(11)12)2-4(9)10/h2-10H2,1H3;13H,1-2H2,(H,7,8)(H,9,10)(H,11,12). The molecule has 0 atom stereocenters. The molecule has 28 heavy (non-hydrogen) atoms. The topological polar surface area (TPSA) is 159 Å². The fourth-order valence-electron chi connectivity index (χ4n) is 3.00. The van der Waals surface area contributed by atoms with Crippen LogP contribution in [0.15, 0.2) is 0 Å². The number of hydrogen-bond acceptors (Lipinski definition) is 6. The molecule has 0 bridgehead atoms. The van der Waals surface area contributed by atoms with E-state index >= 15 is 0 Å². The van der Waals surface area contributed by atoms with Crippen molar-refractivity contribution in [3.8, 4) is 0 Å². The number of aliphatic hydroxyl groups is 1. The van der Waals surface area contributed by atoms with E-state index in [-0.39, 0.29) is 6.03 Å². The molecular formula is C17H29N3O8. The first-order chi connectivity index (χ1) is 13.0. The molecule has 0 spiro atoms. The van der Waals surface area contributed by atoms with E-state index in [9.17, 15) is 19.2 Å². The fourth-order valence-corrected chi connectivity index (χ4v) is 3.00. The van der Waals surface area contributed by atoms with Crippen molar-refractivity contribution in [2.24, 2.45) is 0 Å². The van der Waals surface area contributed by atoms with Crippen molar-refractivity contribution >= 4 is 23.9 Å². The van der Waals surface area contributed by atoms with Crippen LogP contribution in [0.1, 0.15) is 32.1 Å². The number of piperidine rings is 1. The Balaban J connectivity index is 0.000000284. The van der Waals surface area contributed by atoms with E-state index in [1.54, 1.807) is 0 Å². The summed E-state index contributed by atoms with van der Waals surface area (Å²) in [4.78, 5) is 48.9. The molecule has 2 heterocycles. The van der Waals surface area contributed by atoms with Crippen LogP contribution in [0.25, 0.3) is 0 Å². The van der Waals surface area contributed by atoms with Crippen molar-refractivity contribution < 1.29 is 39.6 Å². The van der Waals surface area contributed by atoms with Crippen LogP contribution in [-0.2, 0) is 14.4 Å². The zero-order valence-electron chi connectivity index (χ0n) is 16.0. The molecule has 11 nitrogen and oxygen atoms in total. The summed E-state index contributed by atoms with van der Waals surface area (Å²) in [5.74, 6) is -5.02. The van der Waals surface area contributed by atoms with Crippen molar-refractivity contribution in [2.75, 3.05) is 46.3 Å². The van der Waals surface area contributed by atoms with Gasteiger partial charge >= 0.3 is 23.9 Å². The Hall–Kier alpha value is -2.40. The fraction of sp³-hybridized carbons (Fsp3) is 0.765. The van der Waals surface area contributed by atoms with Gasteiger partial charge < -0.3 is 35.1 Å². The highest BCUT2D eigenvalue weighted by Gasteiger charge is 2.40. The van der Waals surface area contributed by atoms with Gasteiger partial charge in [0.25, 0.3) is 0 Å². The second kappa shape index (κ2) is 10.8. The second-order valence-corrected chi connectivity index (χ2v) is 7.10. The van der Waals surface area contributed by atoms with Gasteiger partial charge in [0.05, 0.1) is 12.8 Å². The number of carboxylic acids is 3. The van der Waals surface area contributed by atoms with E-state index < -0.39 is 36.4 Å². The van der Waals surface area contributed by atoms with E-state index in [0.29, 0.717) is 0 Å². The molecule has 0 saturated carbocycles. The average Bonchev–Trinajstić information content (AvgIpc) is 2.61. The Morgan fingerprint density at radius 2 is 1.18 bits per heavy atom. The van der Waals surface area contributed by atoms with E-state index in [1.165, 1.54) is 19.3 Å². The van der Waals surface area contributed by atoms with Gasteiger partial charge in [0.1, 0.15) is 0 Å². The number of urea groups is 1. The zero-order valence-corrected chi connectivity index (χ0v) is 16.0. The van der Waals surface area contributed by atoms with Crippen molar-refractivity contribution in [1.29, 1.82) is 0 Å². The molecule has 160 valence electrons. The maximum absolute atomic E-state index is 12.1. The van der Waals surface area contributed by atoms with Gasteiger partial charge in [-0.1, -0.05) is 0 Å². The number of likely N-dealkylation sites (N-methyl/N-ethyl adjacent to an activating group) is 1. The monoisotopic (exact) mass is 403 g/mol. The number of aliphatic carboxylic acids is 3. The molecule has 2 fully saturated rings. The largest absolute Gasteiger partial charge is 0.481 e. The summed E-state index contributed by atoms with van der Waals surface area (Å²) < 4.78 is 0. The first-order valence-electron chi connectivity index (χ1n) is 9.17. The van der Waals surface area contributed by atoms with Crippen molar-refractivity contribution in [2.45, 2.75) is 37.7 Å². The molecule has 2 aliphatic heterocycles. The summed E-state index contributed by atoms with van der Waals surface area (Å²) >= 11 is 0. The molecule has 2 aliphatic rings. The Morgan fingerprint density at radius 3 is 1.57 bits per heavy atom. The van der Waals surface area contributed by atoms with Crippen LogP contribution in [-0.4, -0.2) is 111 Å². The van der Waals surface area contributed by atoms with Crippen LogP contribution in [0, 0.1) is 0 Å². The number of hydrogen-bond donors (Lipinski definition) is 4. The lowest BCUT2D eigenvalue weighted by Gasteiger charge is -2.37. The van der Waals surface area contributed by atoms with Crippen LogP contribution in [0.3, 0.4) is 0 Å². The number of likely N-dealkylation sites (tertiary alicyclic amines) is 1. The summed E-state index contributed by atoms with van der Waals surface area (Å²) in [6.45, 7) is 5.74. The predicted molar refractivity (Wildman–Crippen MR) is 97.0 cm³/mol. The first-order valence-corrected chi connectivity index (χ1v) is 9.17. The Morgan fingerprint density at radius 1 is 0.750 bits per heavy atom. The lowest BCUT2D eigenvalue weighted by atomic mass is 9.96. The van der Waals surface area contributed by atoms with E-state index in [4.69, 9.17) is 20.4 Å². The summed E-state index contributed by atoms with van der Waals surface area (Å²) in [5.41, 5.74) is -2.74. The van der Waals surface area contributed by atoms with Crippen molar-refractivity contribution in [3.05, 3.63) is 0 Å². The third kappa shape index (κ3) is 7.69. The van der Waals surface area contributed by atoms with Crippen molar-refractivity contribution in [3.63, 3.8) is 0 Å². The number of rotatable bonds is 5. The minimum absolute atomic E-state index is 0.266. The normalized spacial score (nSPS) is 18.1. The number of amides is 2. The zero-order chi connectivity index (χ0) is 21.3. The highest BCUT2D eigenvalue weighted by atomic mass is 16.4. The molecular weight excluding hydrogens is 374 g/mol. The molecule has 0 aliphatic carbocycles. The molecule has 0 aromatic rings. The number of carboxylic acid groups (broad SMARTS) is 3. The molecule has 2 saturated heterocycles. The molecule has 0 unspecified atom stereocenters. The third-order valence-electron chi connectivity index (χ3n) is 4.69. The average molecular weight is 403 g/mol. The van der Waals surface area contributed by atoms with Crippen LogP contribution in [0.5, 0.6) is 0 Å². The van der Waals surface area contributed by atoms with Gasteiger partial charge in [0.15, 0.2) is 5.60 Å². The Labute approximate surface area is 163 Å². The minimum Gasteiger partial charge on any atom is -0.481 e. The van der Waals surface area contributed by atoms with Gasteiger partial charge in [-0.3, -0.25) is 9.59 Å². The van der Waals surface area contributed by atoms with Gasteiger partial charge in [-0.25, -0.2) is 9.59 Å². The third-order valence-corrected chi connectivity index (χ3v) is 4.69. The number of piperazine rings is 1. The maximum Gasteiger partial charge on any atom is 0.336 e. The number of carbonyl (C=O) groups excluding carboxylic acids is 1. The molecule has 2 rings (SSSR count). The molecule has 2 amide bonds. The number of nitrogens with zero attached hydrogens (tertiary/aromatic N) is 3. The highest BCUT2D eigenvalue weighted by molar-refractivity contribution is 5.88.